The molecule has 0 unspecified atom stereocenters. The molecule has 0 bridgehead atoms. The van der Waals surface area contributed by atoms with Crippen molar-refractivity contribution in [3.63, 3.8) is 0 Å². The normalized spacial score (nSPS) is 15.9. The van der Waals surface area contributed by atoms with Crippen LogP contribution in [0, 0.1) is 23.7 Å². The number of carboxylic acid groups (broad SMARTS) is 1. The number of carbonyl (C=O) groups excluding carboxylic acids is 1. The average Bonchev–Trinajstić information content (AvgIpc) is 2.62. The number of carboxylic acids is 1. The smallest absolute Gasteiger partial charge is 0.0442 e. The van der Waals surface area contributed by atoms with Gasteiger partial charge in [-0.15, -0.1) is 0 Å². The van der Waals surface area contributed by atoms with Gasteiger partial charge in [0.15, 0.2) is 0 Å². The molecule has 168 valence electrons. The van der Waals surface area contributed by atoms with Crippen molar-refractivity contribution in [2.45, 2.75) is 137 Å². The van der Waals surface area contributed by atoms with Gasteiger partial charge in [0.1, 0.15) is 0 Å². The van der Waals surface area contributed by atoms with Crippen LogP contribution in [0.5, 0.6) is 0 Å². The summed E-state index contributed by atoms with van der Waals surface area (Å²) in [6.45, 7) is 11.0. The second-order valence-electron chi connectivity index (χ2n) is 9.92. The molecule has 0 fully saturated rings. The third-order valence-electron chi connectivity index (χ3n) is 6.32. The SMILES string of the molecule is CCCCCCCCCCCCCC[C@@H](C)C[C@@H](C)C[C@@H](C)C[C@@H](C)C(=O)[O-]. The zero-order valence-electron chi connectivity index (χ0n) is 19.9. The van der Waals surface area contributed by atoms with Gasteiger partial charge in [-0.2, -0.15) is 0 Å². The minimum atomic E-state index is -0.903. The molecule has 4 atom stereocenters. The first-order valence-corrected chi connectivity index (χ1v) is 12.6. The molecule has 0 aromatic heterocycles. The van der Waals surface area contributed by atoms with Gasteiger partial charge in [0.25, 0.3) is 0 Å². The maximum atomic E-state index is 10.9. The fourth-order valence-electron chi connectivity index (χ4n) is 4.72. The molecule has 0 radical (unpaired) electrons. The van der Waals surface area contributed by atoms with Crippen LogP contribution in [0.25, 0.3) is 0 Å². The molecule has 0 amide bonds. The first kappa shape index (κ1) is 27.5. The fourth-order valence-corrected chi connectivity index (χ4v) is 4.72. The van der Waals surface area contributed by atoms with Crippen molar-refractivity contribution in [2.24, 2.45) is 23.7 Å². The second-order valence-corrected chi connectivity index (χ2v) is 9.92. The van der Waals surface area contributed by atoms with Gasteiger partial charge in [-0.3, -0.25) is 0 Å². The molecule has 28 heavy (non-hydrogen) atoms. The molecule has 2 heteroatoms. The standard InChI is InChI=1S/C26H52O2/c1-6-7-8-9-10-11-12-13-14-15-16-17-18-22(2)19-23(3)20-24(4)21-25(5)26(27)28/h22-25H,6-21H2,1-5H3,(H,27,28)/p-1/t22-,23-,24-,25-/m1/s1. The summed E-state index contributed by atoms with van der Waals surface area (Å²) in [5, 5.41) is 10.9. The number of hydrogen-bond donors (Lipinski definition) is 0. The molecule has 0 aromatic carbocycles. The first-order chi connectivity index (χ1) is 13.4. The molecule has 0 spiro atoms. The highest BCUT2D eigenvalue weighted by molar-refractivity contribution is 5.66. The van der Waals surface area contributed by atoms with Crippen LogP contribution < -0.4 is 5.11 Å². The lowest BCUT2D eigenvalue weighted by atomic mass is 9.84. The Morgan fingerprint density at radius 2 is 1.00 bits per heavy atom. The Kier molecular flexibility index (Phi) is 18.1. The molecule has 0 saturated carbocycles. The van der Waals surface area contributed by atoms with E-state index in [1.54, 1.807) is 6.92 Å². The molecule has 0 saturated heterocycles. The summed E-state index contributed by atoms with van der Waals surface area (Å²) in [4.78, 5) is 10.9. The largest absolute Gasteiger partial charge is 0.550 e. The van der Waals surface area contributed by atoms with Gasteiger partial charge >= 0.3 is 0 Å². The minimum Gasteiger partial charge on any atom is -0.550 e. The summed E-state index contributed by atoms with van der Waals surface area (Å²) in [6, 6.07) is 0. The molecule has 0 aliphatic heterocycles. The molecular formula is C26H51O2-. The van der Waals surface area contributed by atoms with E-state index < -0.39 is 5.97 Å². The topological polar surface area (TPSA) is 40.1 Å². The van der Waals surface area contributed by atoms with E-state index in [-0.39, 0.29) is 5.92 Å². The lowest BCUT2D eigenvalue weighted by molar-refractivity contribution is -0.311. The lowest BCUT2D eigenvalue weighted by Gasteiger charge is -2.23. The van der Waals surface area contributed by atoms with E-state index in [1.807, 2.05) is 0 Å². The highest BCUT2D eigenvalue weighted by Gasteiger charge is 2.15. The van der Waals surface area contributed by atoms with Crippen molar-refractivity contribution in [3.05, 3.63) is 0 Å². The fraction of sp³-hybridized carbons (Fsp3) is 0.962. The molecule has 0 N–H and O–H groups in total. The lowest BCUT2D eigenvalue weighted by Crippen LogP contribution is -2.30. The molecular weight excluding hydrogens is 344 g/mol. The van der Waals surface area contributed by atoms with E-state index in [1.165, 1.54) is 89.9 Å². The zero-order valence-corrected chi connectivity index (χ0v) is 19.9. The Bertz CT molecular complexity index is 352. The van der Waals surface area contributed by atoms with E-state index in [2.05, 4.69) is 27.7 Å². The van der Waals surface area contributed by atoms with Gasteiger partial charge in [0, 0.05) is 5.97 Å². The molecule has 0 rings (SSSR count). The van der Waals surface area contributed by atoms with Gasteiger partial charge in [-0.1, -0.05) is 118 Å². The van der Waals surface area contributed by atoms with Crippen molar-refractivity contribution in [2.75, 3.05) is 0 Å². The summed E-state index contributed by atoms with van der Waals surface area (Å²) in [7, 11) is 0. The zero-order chi connectivity index (χ0) is 21.2. The van der Waals surface area contributed by atoms with Crippen LogP contribution in [0.2, 0.25) is 0 Å². The van der Waals surface area contributed by atoms with Crippen molar-refractivity contribution in [1.82, 2.24) is 0 Å². The van der Waals surface area contributed by atoms with Gasteiger partial charge in [0.05, 0.1) is 0 Å². The summed E-state index contributed by atoms with van der Waals surface area (Å²) in [6.07, 6.45) is 21.5. The van der Waals surface area contributed by atoms with Gasteiger partial charge in [0.2, 0.25) is 0 Å². The monoisotopic (exact) mass is 395 g/mol. The number of rotatable bonds is 20. The molecule has 0 aliphatic rings. The van der Waals surface area contributed by atoms with E-state index in [4.69, 9.17) is 0 Å². The van der Waals surface area contributed by atoms with Crippen molar-refractivity contribution in [3.8, 4) is 0 Å². The van der Waals surface area contributed by atoms with Crippen molar-refractivity contribution < 1.29 is 9.90 Å². The van der Waals surface area contributed by atoms with Gasteiger partial charge in [-0.05, 0) is 42.9 Å². The van der Waals surface area contributed by atoms with Crippen LogP contribution in [0.3, 0.4) is 0 Å². The molecule has 2 nitrogen and oxygen atoms in total. The third-order valence-corrected chi connectivity index (χ3v) is 6.32. The third kappa shape index (κ3) is 17.6. The Labute approximate surface area is 177 Å². The Hall–Kier alpha value is -0.530. The quantitative estimate of drug-likeness (QED) is 0.200. The summed E-state index contributed by atoms with van der Waals surface area (Å²) in [5.74, 6) is 0.738. The summed E-state index contributed by atoms with van der Waals surface area (Å²) >= 11 is 0. The van der Waals surface area contributed by atoms with Crippen LogP contribution in [0.4, 0.5) is 0 Å². The summed E-state index contributed by atoms with van der Waals surface area (Å²) < 4.78 is 0. The van der Waals surface area contributed by atoms with Crippen LogP contribution in [0.1, 0.15) is 137 Å². The average molecular weight is 396 g/mol. The van der Waals surface area contributed by atoms with Crippen LogP contribution in [-0.4, -0.2) is 5.97 Å². The van der Waals surface area contributed by atoms with Crippen LogP contribution >= 0.6 is 0 Å². The van der Waals surface area contributed by atoms with Crippen LogP contribution in [0.15, 0.2) is 0 Å². The Morgan fingerprint density at radius 1 is 0.607 bits per heavy atom. The number of carbonyl (C=O) groups is 1. The van der Waals surface area contributed by atoms with E-state index in [9.17, 15) is 9.90 Å². The Balaban J connectivity index is 3.51. The number of unbranched alkanes of at least 4 members (excludes halogenated alkanes) is 11. The highest BCUT2D eigenvalue weighted by Crippen LogP contribution is 2.26. The number of hydrogen-bond acceptors (Lipinski definition) is 2. The van der Waals surface area contributed by atoms with Crippen LogP contribution in [-0.2, 0) is 4.79 Å². The van der Waals surface area contributed by atoms with Crippen molar-refractivity contribution >= 4 is 5.97 Å². The first-order valence-electron chi connectivity index (χ1n) is 12.6. The maximum Gasteiger partial charge on any atom is 0.0442 e. The van der Waals surface area contributed by atoms with Crippen molar-refractivity contribution in [1.29, 1.82) is 0 Å². The predicted octanol–water partition coefficient (Wildman–Crippen LogP) is 7.54. The highest BCUT2D eigenvalue weighted by atomic mass is 16.4. The minimum absolute atomic E-state index is 0.319. The van der Waals surface area contributed by atoms with E-state index >= 15 is 0 Å². The van der Waals surface area contributed by atoms with E-state index in [0.29, 0.717) is 11.8 Å². The second kappa shape index (κ2) is 18.5. The Morgan fingerprint density at radius 3 is 1.46 bits per heavy atom. The number of aliphatic carboxylic acids is 1. The molecule has 0 aliphatic carbocycles. The van der Waals surface area contributed by atoms with E-state index in [0.717, 1.165) is 18.8 Å². The van der Waals surface area contributed by atoms with Gasteiger partial charge < -0.3 is 9.90 Å². The maximum absolute atomic E-state index is 10.9. The van der Waals surface area contributed by atoms with Gasteiger partial charge in [-0.25, -0.2) is 0 Å². The predicted molar refractivity (Wildman–Crippen MR) is 121 cm³/mol. The molecule has 0 heterocycles. The molecule has 0 aromatic rings. The summed E-state index contributed by atoms with van der Waals surface area (Å²) in [5.41, 5.74) is 0.